The molecule has 0 aliphatic rings. The highest BCUT2D eigenvalue weighted by molar-refractivity contribution is 9.10. The Morgan fingerprint density at radius 1 is 1.29 bits per heavy atom. The van der Waals surface area contributed by atoms with Gasteiger partial charge in [-0.1, -0.05) is 27.5 Å². The number of nitrogens with one attached hydrogen (secondary N) is 1. The molecule has 1 heterocycles. The fourth-order valence-corrected chi connectivity index (χ4v) is 2.26. The van der Waals surface area contributed by atoms with Gasteiger partial charge in [0.1, 0.15) is 6.33 Å². The number of nitrogens with zero attached hydrogens (tertiary/aromatic N) is 2. The number of aromatic nitrogens is 2. The number of halogens is 5. The highest BCUT2D eigenvalue weighted by Gasteiger charge is 2.33. The molecule has 0 fully saturated rings. The Morgan fingerprint density at radius 3 is 2.62 bits per heavy atom. The number of anilines is 2. The summed E-state index contributed by atoms with van der Waals surface area (Å²) in [6, 6.07) is 3.72. The van der Waals surface area contributed by atoms with E-state index in [0.717, 1.165) is 6.07 Å². The highest BCUT2D eigenvalue weighted by Crippen LogP contribution is 2.38. The van der Waals surface area contributed by atoms with Gasteiger partial charge in [-0.05, 0) is 18.2 Å². The van der Waals surface area contributed by atoms with Crippen LogP contribution >= 0.6 is 27.5 Å². The van der Waals surface area contributed by atoms with Crippen LogP contribution in [-0.4, -0.2) is 17.1 Å². The van der Waals surface area contributed by atoms with Gasteiger partial charge in [-0.25, -0.2) is 9.97 Å². The molecule has 4 nitrogen and oxygen atoms in total. The van der Waals surface area contributed by atoms with Crippen molar-refractivity contribution in [2.75, 3.05) is 12.4 Å². The average molecular weight is 383 g/mol. The van der Waals surface area contributed by atoms with Crippen LogP contribution in [0, 0.1) is 0 Å². The van der Waals surface area contributed by atoms with Crippen molar-refractivity contribution in [2.24, 2.45) is 0 Å². The van der Waals surface area contributed by atoms with Crippen molar-refractivity contribution in [3.8, 4) is 5.75 Å². The highest BCUT2D eigenvalue weighted by atomic mass is 79.9. The molecule has 0 amide bonds. The summed E-state index contributed by atoms with van der Waals surface area (Å²) in [4.78, 5) is 7.62. The van der Waals surface area contributed by atoms with Gasteiger partial charge in [0.2, 0.25) is 0 Å². The van der Waals surface area contributed by atoms with Gasteiger partial charge in [-0.2, -0.15) is 13.2 Å². The molecule has 0 atom stereocenters. The zero-order valence-corrected chi connectivity index (χ0v) is 12.8. The first kappa shape index (κ1) is 15.8. The molecule has 0 saturated carbocycles. The Morgan fingerprint density at radius 2 is 2.00 bits per heavy atom. The number of hydrogen-bond donors (Lipinski definition) is 1. The van der Waals surface area contributed by atoms with Gasteiger partial charge < -0.3 is 10.1 Å². The third-order valence-electron chi connectivity index (χ3n) is 2.50. The zero-order valence-electron chi connectivity index (χ0n) is 10.5. The second-order valence-corrected chi connectivity index (χ2v) is 5.08. The predicted molar refractivity (Wildman–Crippen MR) is 76.0 cm³/mol. The van der Waals surface area contributed by atoms with Crippen LogP contribution < -0.4 is 10.1 Å². The minimum absolute atomic E-state index is 0.0479. The molecule has 21 heavy (non-hydrogen) atoms. The van der Waals surface area contributed by atoms with Crippen molar-refractivity contribution < 1.29 is 17.9 Å². The van der Waals surface area contributed by atoms with Gasteiger partial charge in [0.25, 0.3) is 0 Å². The summed E-state index contributed by atoms with van der Waals surface area (Å²) >= 11 is 8.69. The Labute approximate surface area is 131 Å². The summed E-state index contributed by atoms with van der Waals surface area (Å²) in [6.45, 7) is 0. The van der Waals surface area contributed by atoms with Gasteiger partial charge in [0.05, 0.1) is 12.7 Å². The van der Waals surface area contributed by atoms with Crippen LogP contribution in [0.1, 0.15) is 5.56 Å². The van der Waals surface area contributed by atoms with Crippen LogP contribution in [0.25, 0.3) is 0 Å². The summed E-state index contributed by atoms with van der Waals surface area (Å²) < 4.78 is 43.5. The van der Waals surface area contributed by atoms with Crippen LogP contribution in [0.5, 0.6) is 5.75 Å². The maximum atomic E-state index is 12.8. The Kier molecular flexibility index (Phi) is 4.58. The topological polar surface area (TPSA) is 47.0 Å². The number of benzene rings is 1. The molecule has 1 N–H and O–H groups in total. The van der Waals surface area contributed by atoms with Crippen molar-refractivity contribution in [3.63, 3.8) is 0 Å². The van der Waals surface area contributed by atoms with E-state index in [4.69, 9.17) is 16.3 Å². The lowest BCUT2D eigenvalue weighted by Crippen LogP contribution is -2.07. The first-order valence-corrected chi connectivity index (χ1v) is 6.68. The molecule has 0 spiro atoms. The second kappa shape index (κ2) is 6.07. The summed E-state index contributed by atoms with van der Waals surface area (Å²) in [6.07, 6.45) is -3.29. The van der Waals surface area contributed by atoms with Gasteiger partial charge >= 0.3 is 6.18 Å². The van der Waals surface area contributed by atoms with Crippen molar-refractivity contribution in [2.45, 2.75) is 6.18 Å². The minimum Gasteiger partial charge on any atom is -0.490 e. The van der Waals surface area contributed by atoms with E-state index < -0.39 is 11.7 Å². The number of hydrogen-bond acceptors (Lipinski definition) is 4. The zero-order chi connectivity index (χ0) is 15.6. The van der Waals surface area contributed by atoms with Gasteiger partial charge in [0, 0.05) is 10.2 Å². The third-order valence-corrected chi connectivity index (χ3v) is 3.46. The first-order valence-electron chi connectivity index (χ1n) is 5.51. The molecule has 0 radical (unpaired) electrons. The molecule has 9 heteroatoms. The number of alkyl halides is 3. The second-order valence-electron chi connectivity index (χ2n) is 3.86. The lowest BCUT2D eigenvalue weighted by atomic mass is 10.2. The molecule has 0 aliphatic heterocycles. The molecule has 0 saturated heterocycles. The Hall–Kier alpha value is -1.54. The summed E-state index contributed by atoms with van der Waals surface area (Å²) in [5, 5.41) is 2.78. The summed E-state index contributed by atoms with van der Waals surface area (Å²) in [7, 11) is 1.36. The van der Waals surface area contributed by atoms with E-state index in [-0.39, 0.29) is 26.9 Å². The predicted octanol–water partition coefficient (Wildman–Crippen LogP) is 4.66. The third kappa shape index (κ3) is 3.56. The minimum atomic E-state index is -4.47. The summed E-state index contributed by atoms with van der Waals surface area (Å²) in [5.74, 6) is 0.323. The fraction of sp³-hybridized carbons (Fsp3) is 0.167. The SMILES string of the molecule is COc1c(Cl)ncnc1Nc1ccc(Br)c(C(F)(F)F)c1. The number of methoxy groups -OCH3 is 1. The Balaban J connectivity index is 2.39. The van der Waals surface area contributed by atoms with E-state index in [9.17, 15) is 13.2 Å². The quantitative estimate of drug-likeness (QED) is 0.784. The molecular formula is C12H8BrClF3N3O. The molecule has 2 aromatic rings. The van der Waals surface area contributed by atoms with E-state index >= 15 is 0 Å². The van der Waals surface area contributed by atoms with Gasteiger partial charge in [-0.3, -0.25) is 0 Å². The van der Waals surface area contributed by atoms with E-state index in [1.807, 2.05) is 0 Å². The van der Waals surface area contributed by atoms with Crippen LogP contribution in [0.15, 0.2) is 29.0 Å². The molecule has 0 unspecified atom stereocenters. The van der Waals surface area contributed by atoms with Crippen LogP contribution in [0.3, 0.4) is 0 Å². The van der Waals surface area contributed by atoms with E-state index in [1.165, 1.54) is 25.6 Å². The van der Waals surface area contributed by atoms with Crippen LogP contribution in [-0.2, 0) is 6.18 Å². The lowest BCUT2D eigenvalue weighted by Gasteiger charge is -2.13. The smallest absolute Gasteiger partial charge is 0.417 e. The maximum Gasteiger partial charge on any atom is 0.417 e. The summed E-state index contributed by atoms with van der Waals surface area (Å²) in [5.41, 5.74) is -0.606. The molecule has 1 aromatic heterocycles. The molecule has 2 rings (SSSR count). The normalized spacial score (nSPS) is 11.3. The Bertz CT molecular complexity index is 667. The number of rotatable bonds is 3. The molecule has 1 aromatic carbocycles. The monoisotopic (exact) mass is 381 g/mol. The van der Waals surface area contributed by atoms with E-state index in [1.54, 1.807) is 0 Å². The maximum absolute atomic E-state index is 12.8. The van der Waals surface area contributed by atoms with E-state index in [0.29, 0.717) is 0 Å². The molecule has 0 aliphatic carbocycles. The standard InChI is InChI=1S/C12H8BrClF3N3O/c1-21-9-10(14)18-5-19-11(9)20-6-2-3-8(13)7(4-6)12(15,16)17/h2-5H,1H3,(H,18,19,20). The van der Waals surface area contributed by atoms with Crippen molar-refractivity contribution >= 4 is 39.0 Å². The largest absolute Gasteiger partial charge is 0.490 e. The lowest BCUT2D eigenvalue weighted by molar-refractivity contribution is -0.138. The van der Waals surface area contributed by atoms with Crippen LogP contribution in [0.4, 0.5) is 24.7 Å². The fourth-order valence-electron chi connectivity index (χ4n) is 1.58. The van der Waals surface area contributed by atoms with Gasteiger partial charge in [-0.15, -0.1) is 0 Å². The van der Waals surface area contributed by atoms with Gasteiger partial charge in [0.15, 0.2) is 16.7 Å². The van der Waals surface area contributed by atoms with Crippen molar-refractivity contribution in [1.29, 1.82) is 0 Å². The van der Waals surface area contributed by atoms with Crippen molar-refractivity contribution in [1.82, 2.24) is 9.97 Å². The molecule has 112 valence electrons. The van der Waals surface area contributed by atoms with E-state index in [2.05, 4.69) is 31.2 Å². The molecule has 0 bridgehead atoms. The van der Waals surface area contributed by atoms with Crippen LogP contribution in [0.2, 0.25) is 5.15 Å². The average Bonchev–Trinajstić information content (AvgIpc) is 2.40. The van der Waals surface area contributed by atoms with Crippen molar-refractivity contribution in [3.05, 3.63) is 39.7 Å². The molecular weight excluding hydrogens is 375 g/mol. The number of ether oxygens (including phenoxy) is 1. The first-order chi connectivity index (χ1) is 9.82.